The van der Waals surface area contributed by atoms with E-state index in [-0.39, 0.29) is 5.78 Å². The number of phenols is 1. The van der Waals surface area contributed by atoms with Crippen LogP contribution in [-0.2, 0) is 4.74 Å². The number of carbonyl (C=O) groups excluding carboxylic acids is 1. The number of anilines is 1. The molecule has 1 N–H and O–H groups in total. The van der Waals surface area contributed by atoms with Crippen LogP contribution < -0.4 is 4.90 Å². The number of ether oxygens (including phenoxy) is 1. The lowest BCUT2D eigenvalue weighted by Crippen LogP contribution is -2.36. The van der Waals surface area contributed by atoms with Crippen LogP contribution in [0, 0.1) is 10.1 Å². The molecular formula is C19H18N2O5. The van der Waals surface area contributed by atoms with Crippen molar-refractivity contribution in [2.24, 2.45) is 0 Å². The van der Waals surface area contributed by atoms with Gasteiger partial charge in [-0.05, 0) is 29.8 Å². The van der Waals surface area contributed by atoms with Gasteiger partial charge in [-0.1, -0.05) is 24.3 Å². The maximum atomic E-state index is 12.4. The molecule has 1 saturated heterocycles. The minimum absolute atomic E-state index is 0.198. The van der Waals surface area contributed by atoms with Gasteiger partial charge in [0.05, 0.1) is 18.1 Å². The van der Waals surface area contributed by atoms with E-state index in [0.29, 0.717) is 24.3 Å². The molecule has 134 valence electrons. The largest absolute Gasteiger partial charge is 0.502 e. The highest BCUT2D eigenvalue weighted by atomic mass is 16.6. The molecule has 1 fully saturated rings. The summed E-state index contributed by atoms with van der Waals surface area (Å²) in [5.74, 6) is -0.604. The van der Waals surface area contributed by atoms with E-state index in [0.717, 1.165) is 18.8 Å². The lowest BCUT2D eigenvalue weighted by molar-refractivity contribution is -0.385. The third-order valence-corrected chi connectivity index (χ3v) is 4.13. The SMILES string of the molecule is O=C(/C=C/c1ccc(O)c([N+](=O)[O-])c1)c1cccc(N2CCOCC2)c1. The van der Waals surface area contributed by atoms with Gasteiger partial charge in [-0.25, -0.2) is 0 Å². The highest BCUT2D eigenvalue weighted by Gasteiger charge is 2.14. The second-order valence-corrected chi connectivity index (χ2v) is 5.85. The molecular weight excluding hydrogens is 336 g/mol. The smallest absolute Gasteiger partial charge is 0.311 e. The monoisotopic (exact) mass is 354 g/mol. The van der Waals surface area contributed by atoms with E-state index in [1.807, 2.05) is 18.2 Å². The number of carbonyl (C=O) groups is 1. The van der Waals surface area contributed by atoms with E-state index in [1.165, 1.54) is 30.4 Å². The first-order valence-corrected chi connectivity index (χ1v) is 8.17. The Labute approximate surface area is 150 Å². The van der Waals surface area contributed by atoms with Gasteiger partial charge in [0.15, 0.2) is 11.5 Å². The number of nitro groups is 1. The molecule has 0 aliphatic carbocycles. The Morgan fingerprint density at radius 3 is 2.69 bits per heavy atom. The maximum Gasteiger partial charge on any atom is 0.311 e. The summed E-state index contributed by atoms with van der Waals surface area (Å²) in [4.78, 5) is 24.8. The van der Waals surface area contributed by atoms with Crippen LogP contribution in [-0.4, -0.2) is 42.1 Å². The van der Waals surface area contributed by atoms with Crippen LogP contribution in [0.2, 0.25) is 0 Å². The molecule has 0 atom stereocenters. The van der Waals surface area contributed by atoms with E-state index < -0.39 is 16.4 Å². The molecule has 0 bridgehead atoms. The van der Waals surface area contributed by atoms with Crippen molar-refractivity contribution in [3.05, 3.63) is 69.8 Å². The third-order valence-electron chi connectivity index (χ3n) is 4.13. The van der Waals surface area contributed by atoms with Crippen molar-refractivity contribution in [2.45, 2.75) is 0 Å². The van der Waals surface area contributed by atoms with Crippen LogP contribution in [0.5, 0.6) is 5.75 Å². The van der Waals surface area contributed by atoms with Gasteiger partial charge in [0.1, 0.15) is 0 Å². The minimum Gasteiger partial charge on any atom is -0.502 e. The maximum absolute atomic E-state index is 12.4. The average molecular weight is 354 g/mol. The number of hydrogen-bond acceptors (Lipinski definition) is 6. The molecule has 7 nitrogen and oxygen atoms in total. The van der Waals surface area contributed by atoms with E-state index in [2.05, 4.69) is 4.90 Å². The fraction of sp³-hybridized carbons (Fsp3) is 0.211. The number of ketones is 1. The van der Waals surface area contributed by atoms with Crippen LogP contribution >= 0.6 is 0 Å². The summed E-state index contributed by atoms with van der Waals surface area (Å²) in [7, 11) is 0. The van der Waals surface area contributed by atoms with Crippen molar-refractivity contribution in [3.63, 3.8) is 0 Å². The molecule has 0 amide bonds. The van der Waals surface area contributed by atoms with Gasteiger partial charge in [0, 0.05) is 30.4 Å². The zero-order chi connectivity index (χ0) is 18.5. The summed E-state index contributed by atoms with van der Waals surface area (Å²) in [5.41, 5.74) is 1.58. The number of morpholine rings is 1. The lowest BCUT2D eigenvalue weighted by Gasteiger charge is -2.29. The van der Waals surface area contributed by atoms with Gasteiger partial charge in [0.2, 0.25) is 0 Å². The van der Waals surface area contributed by atoms with Crippen molar-refractivity contribution < 1.29 is 19.6 Å². The molecule has 2 aromatic carbocycles. The number of phenolic OH excluding ortho intramolecular Hbond substituents is 1. The molecule has 26 heavy (non-hydrogen) atoms. The number of nitrogens with zero attached hydrogens (tertiary/aromatic N) is 2. The summed E-state index contributed by atoms with van der Waals surface area (Å²) in [6, 6.07) is 11.3. The molecule has 1 aliphatic heterocycles. The zero-order valence-corrected chi connectivity index (χ0v) is 14.0. The van der Waals surface area contributed by atoms with Gasteiger partial charge in [-0.3, -0.25) is 14.9 Å². The third kappa shape index (κ3) is 4.07. The molecule has 0 radical (unpaired) electrons. The summed E-state index contributed by atoms with van der Waals surface area (Å²) in [6.07, 6.45) is 2.87. The first-order valence-electron chi connectivity index (χ1n) is 8.17. The van der Waals surface area contributed by atoms with Crippen molar-refractivity contribution in [3.8, 4) is 5.75 Å². The summed E-state index contributed by atoms with van der Waals surface area (Å²) in [6.45, 7) is 2.89. The fourth-order valence-electron chi connectivity index (χ4n) is 2.74. The van der Waals surface area contributed by atoms with Crippen LogP contribution in [0.3, 0.4) is 0 Å². The summed E-state index contributed by atoms with van der Waals surface area (Å²) < 4.78 is 5.34. The predicted octanol–water partition coefficient (Wildman–Crippen LogP) is 3.03. The Balaban J connectivity index is 1.76. The molecule has 1 heterocycles. The molecule has 7 heteroatoms. The second-order valence-electron chi connectivity index (χ2n) is 5.85. The van der Waals surface area contributed by atoms with Crippen molar-refractivity contribution in [1.82, 2.24) is 0 Å². The average Bonchev–Trinajstić information content (AvgIpc) is 2.67. The Hall–Kier alpha value is -3.19. The first kappa shape index (κ1) is 17.6. The molecule has 2 aromatic rings. The second kappa shape index (κ2) is 7.79. The Kier molecular flexibility index (Phi) is 5.28. The van der Waals surface area contributed by atoms with E-state index in [9.17, 15) is 20.0 Å². The number of aromatic hydroxyl groups is 1. The number of hydrogen-bond donors (Lipinski definition) is 1. The molecule has 0 aromatic heterocycles. The van der Waals surface area contributed by atoms with Crippen molar-refractivity contribution in [1.29, 1.82) is 0 Å². The first-order chi connectivity index (χ1) is 12.5. The van der Waals surface area contributed by atoms with Crippen LogP contribution in [0.15, 0.2) is 48.5 Å². The topological polar surface area (TPSA) is 92.9 Å². The number of allylic oxidation sites excluding steroid dienone is 1. The molecule has 3 rings (SSSR count). The minimum atomic E-state index is -0.666. The quantitative estimate of drug-likeness (QED) is 0.384. The van der Waals surface area contributed by atoms with Gasteiger partial charge in [0.25, 0.3) is 0 Å². The van der Waals surface area contributed by atoms with Crippen LogP contribution in [0.1, 0.15) is 15.9 Å². The molecule has 1 aliphatic rings. The summed E-state index contributed by atoms with van der Waals surface area (Å²) >= 11 is 0. The van der Waals surface area contributed by atoms with E-state index in [4.69, 9.17) is 4.74 Å². The highest BCUT2D eigenvalue weighted by Crippen LogP contribution is 2.27. The molecule has 0 spiro atoms. The van der Waals surface area contributed by atoms with E-state index in [1.54, 1.807) is 6.07 Å². The lowest BCUT2D eigenvalue weighted by atomic mass is 10.1. The van der Waals surface area contributed by atoms with Crippen LogP contribution in [0.4, 0.5) is 11.4 Å². The number of benzene rings is 2. The van der Waals surface area contributed by atoms with Crippen molar-refractivity contribution >= 4 is 23.2 Å². The Morgan fingerprint density at radius 2 is 1.96 bits per heavy atom. The molecule has 0 saturated carbocycles. The van der Waals surface area contributed by atoms with E-state index >= 15 is 0 Å². The zero-order valence-electron chi connectivity index (χ0n) is 14.0. The standard InChI is InChI=1S/C19H18N2O5/c22-18(6-4-14-5-7-19(23)17(12-14)21(24)25)15-2-1-3-16(13-15)20-8-10-26-11-9-20/h1-7,12-13,23H,8-11H2/b6-4+. The van der Waals surface area contributed by atoms with Crippen LogP contribution in [0.25, 0.3) is 6.08 Å². The number of nitro benzene ring substituents is 1. The fourth-order valence-corrected chi connectivity index (χ4v) is 2.74. The Bertz CT molecular complexity index is 857. The normalized spacial score (nSPS) is 14.5. The van der Waals surface area contributed by atoms with Gasteiger partial charge >= 0.3 is 5.69 Å². The Morgan fingerprint density at radius 1 is 1.19 bits per heavy atom. The van der Waals surface area contributed by atoms with Gasteiger partial charge < -0.3 is 14.7 Å². The van der Waals surface area contributed by atoms with Gasteiger partial charge in [-0.2, -0.15) is 0 Å². The highest BCUT2D eigenvalue weighted by molar-refractivity contribution is 6.07. The number of rotatable bonds is 5. The van der Waals surface area contributed by atoms with Gasteiger partial charge in [-0.15, -0.1) is 0 Å². The predicted molar refractivity (Wildman–Crippen MR) is 97.6 cm³/mol. The summed E-state index contributed by atoms with van der Waals surface area (Å²) in [5, 5.41) is 20.3. The van der Waals surface area contributed by atoms with Crippen molar-refractivity contribution in [2.75, 3.05) is 31.2 Å². The molecule has 0 unspecified atom stereocenters.